The van der Waals surface area contributed by atoms with Crippen molar-refractivity contribution in [3.05, 3.63) is 45.7 Å². The third kappa shape index (κ3) is 37.9. The van der Waals surface area contributed by atoms with E-state index < -0.39 is 0 Å². The van der Waals surface area contributed by atoms with E-state index in [2.05, 4.69) is 19.4 Å². The molecule has 0 aliphatic rings. The van der Waals surface area contributed by atoms with Crippen molar-refractivity contribution in [2.45, 2.75) is 77.8 Å². The van der Waals surface area contributed by atoms with Crippen molar-refractivity contribution in [1.82, 2.24) is 0 Å². The summed E-state index contributed by atoms with van der Waals surface area (Å²) >= 11 is 0. The molecule has 0 unspecified atom stereocenters. The number of methoxy groups -OCH3 is 4. The van der Waals surface area contributed by atoms with Gasteiger partial charge in [0.2, 0.25) is 26.2 Å². The second-order valence-corrected chi connectivity index (χ2v) is 9.12. The van der Waals surface area contributed by atoms with Crippen molar-refractivity contribution in [3.63, 3.8) is 0 Å². The van der Waals surface area contributed by atoms with Crippen LogP contribution in [0.4, 0.5) is 0 Å². The fraction of sp³-hybridized carbons (Fsp3) is 0.833. The zero-order chi connectivity index (χ0) is 26.5. The monoisotopic (exact) mass is 550 g/mol. The summed E-state index contributed by atoms with van der Waals surface area (Å²) in [6, 6.07) is 0. The van der Waals surface area contributed by atoms with Crippen LogP contribution in [-0.4, -0.2) is 77.0 Å². The molecule has 0 bridgehead atoms. The summed E-state index contributed by atoms with van der Waals surface area (Å²) in [5.41, 5.74) is -1.05. The first-order valence-electron chi connectivity index (χ1n) is 10.0. The Morgan fingerprint density at radius 1 is 0.441 bits per heavy atom. The van der Waals surface area contributed by atoms with Crippen LogP contribution in [0.1, 0.15) is 55.4 Å². The van der Waals surface area contributed by atoms with E-state index in [9.17, 15) is 0 Å². The normalized spacial score (nSPS) is 10.1. The standard InChI is InChI=1S/4C6H11NO.ClH.Cu/c4*1-6(2,8-4)5-7-3;;/h4*5H2,1-2,4H3;1H;/q;;;;;+1/p-1. The maximum absolute atomic E-state index is 6.51. The number of ether oxygens (including phenoxy) is 4. The smallest absolute Gasteiger partial charge is 1.00 e. The van der Waals surface area contributed by atoms with Crippen molar-refractivity contribution in [3.8, 4) is 0 Å². The molecule has 0 radical (unpaired) electrons. The fourth-order valence-corrected chi connectivity index (χ4v) is 1.02. The minimum Gasteiger partial charge on any atom is -1.00 e. The van der Waals surface area contributed by atoms with E-state index in [-0.39, 0.29) is 51.9 Å². The van der Waals surface area contributed by atoms with Gasteiger partial charge in [0.25, 0.3) is 0 Å². The van der Waals surface area contributed by atoms with Gasteiger partial charge in [-0.1, -0.05) is 0 Å². The van der Waals surface area contributed by atoms with Gasteiger partial charge in [-0.2, -0.15) is 0 Å². The Morgan fingerprint density at radius 2 is 0.559 bits per heavy atom. The van der Waals surface area contributed by atoms with Crippen molar-refractivity contribution >= 4 is 0 Å². The molecular weight excluding hydrogens is 507 g/mol. The van der Waals surface area contributed by atoms with Crippen molar-refractivity contribution in [2.24, 2.45) is 0 Å². The van der Waals surface area contributed by atoms with Crippen LogP contribution in [0.3, 0.4) is 0 Å². The molecule has 0 amide bonds. The molecule has 0 aliphatic carbocycles. The number of hydrogen-bond acceptors (Lipinski definition) is 4. The first kappa shape index (κ1) is 46.0. The van der Waals surface area contributed by atoms with Gasteiger partial charge >= 0.3 is 17.1 Å². The minimum atomic E-state index is -0.262. The van der Waals surface area contributed by atoms with Crippen LogP contribution in [0, 0.1) is 26.3 Å². The van der Waals surface area contributed by atoms with Gasteiger partial charge in [-0.3, -0.25) is 0 Å². The summed E-state index contributed by atoms with van der Waals surface area (Å²) in [6.07, 6.45) is 0. The average Bonchev–Trinajstić information content (AvgIpc) is 2.69. The summed E-state index contributed by atoms with van der Waals surface area (Å²) in [6.45, 7) is 42.9. The van der Waals surface area contributed by atoms with E-state index in [1.165, 1.54) is 0 Å². The second-order valence-electron chi connectivity index (χ2n) is 9.12. The molecule has 0 saturated carbocycles. The van der Waals surface area contributed by atoms with E-state index in [0.717, 1.165) is 0 Å². The molecule has 0 aliphatic heterocycles. The number of rotatable bonds is 8. The SMILES string of the molecule is [C-]#[N+]CC(C)(C)OC.[C-]#[N+]CC(C)(C)OC.[C-]#[N+]CC(C)(C)OC.[C-]#[N+]CC(C)(C)OC.[Cl-].[Cu+]. The largest absolute Gasteiger partial charge is 1.00 e. The molecule has 0 atom stereocenters. The van der Waals surface area contributed by atoms with Crippen LogP contribution in [0.5, 0.6) is 0 Å². The molecule has 0 aromatic heterocycles. The zero-order valence-corrected chi connectivity index (χ0v) is 24.6. The van der Waals surface area contributed by atoms with Gasteiger partial charge in [0, 0.05) is 28.4 Å². The average molecular weight is 552 g/mol. The van der Waals surface area contributed by atoms with Gasteiger partial charge in [0.05, 0.1) is 0 Å². The van der Waals surface area contributed by atoms with Crippen LogP contribution in [0.25, 0.3) is 19.4 Å². The van der Waals surface area contributed by atoms with Gasteiger partial charge in [0.15, 0.2) is 0 Å². The quantitative estimate of drug-likeness (QED) is 0.343. The summed E-state index contributed by atoms with van der Waals surface area (Å²) in [5, 5.41) is 0. The molecule has 8 nitrogen and oxygen atoms in total. The molecule has 10 heteroatoms. The van der Waals surface area contributed by atoms with E-state index in [1.807, 2.05) is 55.4 Å². The third-order valence-corrected chi connectivity index (χ3v) is 4.05. The van der Waals surface area contributed by atoms with Crippen molar-refractivity contribution in [2.75, 3.05) is 54.6 Å². The molecule has 0 saturated heterocycles. The number of hydrogen-bond donors (Lipinski definition) is 0. The molecule has 0 fully saturated rings. The molecule has 0 spiro atoms. The summed E-state index contributed by atoms with van der Waals surface area (Å²) < 4.78 is 19.9. The van der Waals surface area contributed by atoms with Crippen LogP contribution in [0.2, 0.25) is 0 Å². The van der Waals surface area contributed by atoms with Gasteiger partial charge < -0.3 is 50.7 Å². The van der Waals surface area contributed by atoms with Gasteiger partial charge in [-0.25, -0.2) is 26.3 Å². The van der Waals surface area contributed by atoms with E-state index in [1.54, 1.807) is 28.4 Å². The van der Waals surface area contributed by atoms with Crippen molar-refractivity contribution < 1.29 is 48.4 Å². The number of halogens is 1. The first-order valence-corrected chi connectivity index (χ1v) is 10.0. The topological polar surface area (TPSA) is 54.4 Å². The Morgan fingerprint density at radius 3 is 0.588 bits per heavy atom. The molecular formula is C24H44ClCuN4O4. The Balaban J connectivity index is -0.0000000754. The Hall–Kier alpha value is -1.39. The molecule has 0 aromatic carbocycles. The summed E-state index contributed by atoms with van der Waals surface area (Å²) in [4.78, 5) is 12.8. The Labute approximate surface area is 226 Å². The van der Waals surface area contributed by atoms with Gasteiger partial charge in [-0.15, -0.1) is 0 Å². The van der Waals surface area contributed by atoms with Crippen LogP contribution in [-0.2, 0) is 36.0 Å². The fourth-order valence-electron chi connectivity index (χ4n) is 1.02. The minimum absolute atomic E-state index is 0. The first-order chi connectivity index (χ1) is 14.5. The molecule has 202 valence electrons. The summed E-state index contributed by atoms with van der Waals surface area (Å²) in [5.74, 6) is 0. The summed E-state index contributed by atoms with van der Waals surface area (Å²) in [7, 11) is 6.46. The Kier molecular flexibility index (Phi) is 33.5. The van der Waals surface area contributed by atoms with Crippen LogP contribution >= 0.6 is 0 Å². The Bertz CT molecular complexity index is 531. The van der Waals surface area contributed by atoms with Crippen molar-refractivity contribution in [1.29, 1.82) is 0 Å². The predicted molar refractivity (Wildman–Crippen MR) is 130 cm³/mol. The third-order valence-electron chi connectivity index (χ3n) is 4.05. The predicted octanol–water partition coefficient (Wildman–Crippen LogP) is 2.32. The molecule has 0 N–H and O–H groups in total. The van der Waals surface area contributed by atoms with E-state index in [4.69, 9.17) is 45.2 Å². The molecule has 0 rings (SSSR count). The maximum atomic E-state index is 6.51. The van der Waals surface area contributed by atoms with Gasteiger partial charge in [0.1, 0.15) is 22.4 Å². The van der Waals surface area contributed by atoms with Crippen LogP contribution in [0.15, 0.2) is 0 Å². The zero-order valence-electron chi connectivity index (χ0n) is 22.9. The maximum Gasteiger partial charge on any atom is 1.00 e. The van der Waals surface area contributed by atoms with Gasteiger partial charge in [-0.05, 0) is 55.4 Å². The second kappa shape index (κ2) is 24.7. The molecule has 0 heterocycles. The molecule has 34 heavy (non-hydrogen) atoms. The van der Waals surface area contributed by atoms with E-state index in [0.29, 0.717) is 26.2 Å². The van der Waals surface area contributed by atoms with Crippen LogP contribution < -0.4 is 12.4 Å². The molecule has 0 aromatic rings. The number of nitrogens with zero attached hydrogens (tertiary/aromatic N) is 4. The van der Waals surface area contributed by atoms with E-state index >= 15 is 0 Å².